The van der Waals surface area contributed by atoms with Gasteiger partial charge in [0.1, 0.15) is 0 Å². The highest BCUT2D eigenvalue weighted by molar-refractivity contribution is 5.76. The van der Waals surface area contributed by atoms with Gasteiger partial charge in [-0.25, -0.2) is 0 Å². The molecule has 1 aliphatic heterocycles. The first-order valence-corrected chi connectivity index (χ1v) is 5.09. The van der Waals surface area contributed by atoms with Crippen molar-refractivity contribution < 1.29 is 4.79 Å². The zero-order valence-electron chi connectivity index (χ0n) is 8.76. The number of hydrogen-bond acceptors (Lipinski definition) is 2. The molecule has 0 aliphatic carbocycles. The van der Waals surface area contributed by atoms with Crippen LogP contribution >= 0.6 is 0 Å². The molecule has 1 saturated heterocycles. The van der Waals surface area contributed by atoms with Crippen LogP contribution in [0.4, 0.5) is 0 Å². The van der Waals surface area contributed by atoms with Crippen molar-refractivity contribution in [3.05, 3.63) is 0 Å². The first kappa shape index (κ1) is 10.5. The second-order valence-electron chi connectivity index (χ2n) is 4.33. The summed E-state index contributed by atoms with van der Waals surface area (Å²) in [7, 11) is 0. The Morgan fingerprint density at radius 1 is 1.46 bits per heavy atom. The second kappa shape index (κ2) is 4.61. The third kappa shape index (κ3) is 3.35. The fourth-order valence-electron chi connectivity index (χ4n) is 1.23. The van der Waals surface area contributed by atoms with Gasteiger partial charge in [-0.15, -0.1) is 0 Å². The molecule has 1 amide bonds. The molecular formula is C10H20N2O. The fourth-order valence-corrected chi connectivity index (χ4v) is 1.23. The van der Waals surface area contributed by atoms with Gasteiger partial charge in [0.25, 0.3) is 0 Å². The quantitative estimate of drug-likeness (QED) is 0.677. The molecule has 0 saturated carbocycles. The predicted molar refractivity (Wildman–Crippen MR) is 53.4 cm³/mol. The normalized spacial score (nSPS) is 19.7. The lowest BCUT2D eigenvalue weighted by atomic mass is 9.98. The van der Waals surface area contributed by atoms with Gasteiger partial charge in [-0.05, 0) is 31.8 Å². The lowest BCUT2D eigenvalue weighted by Gasteiger charge is -2.27. The standard InChI is InChI=1S/C10H20N2O/c1-7(2)8(3)12-10(13)4-9-5-11-6-9/h7-9,11H,4-6H2,1-3H3,(H,12,13). The van der Waals surface area contributed by atoms with E-state index in [1.165, 1.54) is 0 Å². The monoisotopic (exact) mass is 184 g/mol. The third-order valence-electron chi connectivity index (χ3n) is 2.73. The average molecular weight is 184 g/mol. The molecule has 1 atom stereocenters. The molecule has 1 unspecified atom stereocenters. The zero-order valence-corrected chi connectivity index (χ0v) is 8.76. The molecule has 0 bridgehead atoms. The number of rotatable bonds is 4. The summed E-state index contributed by atoms with van der Waals surface area (Å²) in [6, 6.07) is 0.292. The maximum atomic E-state index is 11.4. The smallest absolute Gasteiger partial charge is 0.220 e. The molecule has 13 heavy (non-hydrogen) atoms. The van der Waals surface area contributed by atoms with Crippen LogP contribution in [0.3, 0.4) is 0 Å². The minimum atomic E-state index is 0.202. The second-order valence-corrected chi connectivity index (χ2v) is 4.33. The highest BCUT2D eigenvalue weighted by Crippen LogP contribution is 2.08. The van der Waals surface area contributed by atoms with E-state index in [-0.39, 0.29) is 5.91 Å². The van der Waals surface area contributed by atoms with E-state index >= 15 is 0 Å². The van der Waals surface area contributed by atoms with Crippen LogP contribution in [0.15, 0.2) is 0 Å². The molecule has 2 N–H and O–H groups in total. The van der Waals surface area contributed by atoms with E-state index in [0.29, 0.717) is 24.3 Å². The topological polar surface area (TPSA) is 41.1 Å². The number of nitrogens with one attached hydrogen (secondary N) is 2. The minimum Gasteiger partial charge on any atom is -0.353 e. The van der Waals surface area contributed by atoms with Crippen molar-refractivity contribution in [3.8, 4) is 0 Å². The van der Waals surface area contributed by atoms with E-state index in [1.807, 2.05) is 0 Å². The summed E-state index contributed by atoms with van der Waals surface area (Å²) in [5, 5.41) is 6.17. The van der Waals surface area contributed by atoms with Gasteiger partial charge < -0.3 is 10.6 Å². The number of hydrogen-bond donors (Lipinski definition) is 2. The van der Waals surface area contributed by atoms with Crippen LogP contribution in [0.5, 0.6) is 0 Å². The van der Waals surface area contributed by atoms with E-state index in [2.05, 4.69) is 31.4 Å². The number of carbonyl (C=O) groups is 1. The van der Waals surface area contributed by atoms with Crippen molar-refractivity contribution in [2.45, 2.75) is 33.2 Å². The average Bonchev–Trinajstić information content (AvgIpc) is 1.96. The van der Waals surface area contributed by atoms with Gasteiger partial charge in [0, 0.05) is 12.5 Å². The molecule has 1 aliphatic rings. The van der Waals surface area contributed by atoms with Crippen LogP contribution < -0.4 is 10.6 Å². The van der Waals surface area contributed by atoms with Gasteiger partial charge in [0.2, 0.25) is 5.91 Å². The summed E-state index contributed by atoms with van der Waals surface area (Å²) in [4.78, 5) is 11.4. The Morgan fingerprint density at radius 3 is 2.46 bits per heavy atom. The Balaban J connectivity index is 2.16. The van der Waals surface area contributed by atoms with E-state index in [4.69, 9.17) is 0 Å². The third-order valence-corrected chi connectivity index (χ3v) is 2.73. The van der Waals surface area contributed by atoms with E-state index < -0.39 is 0 Å². The highest BCUT2D eigenvalue weighted by Gasteiger charge is 2.21. The summed E-state index contributed by atoms with van der Waals surface area (Å²) in [6.45, 7) is 8.31. The number of amides is 1. The molecule has 1 fully saturated rings. The van der Waals surface area contributed by atoms with Crippen molar-refractivity contribution in [1.82, 2.24) is 10.6 Å². The lowest BCUT2D eigenvalue weighted by Crippen LogP contribution is -2.46. The van der Waals surface area contributed by atoms with Crippen LogP contribution in [0.2, 0.25) is 0 Å². The fraction of sp³-hybridized carbons (Fsp3) is 0.900. The van der Waals surface area contributed by atoms with Gasteiger partial charge in [-0.3, -0.25) is 4.79 Å². The molecule has 0 aromatic rings. The molecule has 0 radical (unpaired) electrons. The molecule has 76 valence electrons. The summed E-state index contributed by atoms with van der Waals surface area (Å²) in [6.07, 6.45) is 0.685. The van der Waals surface area contributed by atoms with Crippen LogP contribution in [0.25, 0.3) is 0 Å². The number of carbonyl (C=O) groups excluding carboxylic acids is 1. The van der Waals surface area contributed by atoms with Crippen molar-refractivity contribution in [1.29, 1.82) is 0 Å². The van der Waals surface area contributed by atoms with E-state index in [9.17, 15) is 4.79 Å². The van der Waals surface area contributed by atoms with Crippen LogP contribution in [0, 0.1) is 11.8 Å². The molecule has 1 heterocycles. The lowest BCUT2D eigenvalue weighted by molar-refractivity contribution is -0.123. The summed E-state index contributed by atoms with van der Waals surface area (Å²) in [5.41, 5.74) is 0. The van der Waals surface area contributed by atoms with Crippen LogP contribution in [0.1, 0.15) is 27.2 Å². The van der Waals surface area contributed by atoms with Gasteiger partial charge >= 0.3 is 0 Å². The van der Waals surface area contributed by atoms with Crippen molar-refractivity contribution >= 4 is 5.91 Å². The first-order valence-electron chi connectivity index (χ1n) is 5.09. The first-order chi connectivity index (χ1) is 6.09. The highest BCUT2D eigenvalue weighted by atomic mass is 16.1. The molecule has 1 rings (SSSR count). The Bertz CT molecular complexity index is 176. The van der Waals surface area contributed by atoms with Crippen LogP contribution in [-0.4, -0.2) is 25.0 Å². The molecule has 0 spiro atoms. The predicted octanol–water partition coefficient (Wildman–Crippen LogP) is 0.757. The van der Waals surface area contributed by atoms with Crippen molar-refractivity contribution in [2.75, 3.05) is 13.1 Å². The van der Waals surface area contributed by atoms with Crippen LogP contribution in [-0.2, 0) is 4.79 Å². The molecule has 3 nitrogen and oxygen atoms in total. The maximum absolute atomic E-state index is 11.4. The molecule has 0 aromatic heterocycles. The Hall–Kier alpha value is -0.570. The molecule has 3 heteroatoms. The molecule has 0 aromatic carbocycles. The van der Waals surface area contributed by atoms with Gasteiger partial charge in [0.15, 0.2) is 0 Å². The maximum Gasteiger partial charge on any atom is 0.220 e. The summed E-state index contributed by atoms with van der Waals surface area (Å²) < 4.78 is 0. The largest absolute Gasteiger partial charge is 0.353 e. The Labute approximate surface area is 80.3 Å². The van der Waals surface area contributed by atoms with Crippen molar-refractivity contribution in [2.24, 2.45) is 11.8 Å². The summed E-state index contributed by atoms with van der Waals surface area (Å²) >= 11 is 0. The zero-order chi connectivity index (χ0) is 9.84. The Morgan fingerprint density at radius 2 is 2.08 bits per heavy atom. The Kier molecular flexibility index (Phi) is 3.72. The van der Waals surface area contributed by atoms with E-state index in [1.54, 1.807) is 0 Å². The van der Waals surface area contributed by atoms with E-state index in [0.717, 1.165) is 13.1 Å². The van der Waals surface area contributed by atoms with Gasteiger partial charge in [-0.2, -0.15) is 0 Å². The minimum absolute atomic E-state index is 0.202. The van der Waals surface area contributed by atoms with Gasteiger partial charge in [0.05, 0.1) is 0 Å². The molecular weight excluding hydrogens is 164 g/mol. The van der Waals surface area contributed by atoms with Gasteiger partial charge in [-0.1, -0.05) is 13.8 Å². The van der Waals surface area contributed by atoms with Crippen molar-refractivity contribution in [3.63, 3.8) is 0 Å². The SMILES string of the molecule is CC(C)C(C)NC(=O)CC1CNC1. The summed E-state index contributed by atoms with van der Waals surface area (Å²) in [5.74, 6) is 1.29.